The zero-order chi connectivity index (χ0) is 16.6. The Morgan fingerprint density at radius 1 is 1.23 bits per heavy atom. The molecule has 3 N–H and O–H groups in total. The van der Waals surface area contributed by atoms with Crippen LogP contribution in [0, 0.1) is 5.82 Å². The summed E-state index contributed by atoms with van der Waals surface area (Å²) in [5.74, 6) is -0.227. The molecule has 0 fully saturated rings. The minimum Gasteiger partial charge on any atom is -0.386 e. The third-order valence-electron chi connectivity index (χ3n) is 2.72. The van der Waals surface area contributed by atoms with Gasteiger partial charge in [-0.2, -0.15) is 13.2 Å². The summed E-state index contributed by atoms with van der Waals surface area (Å²) >= 11 is 0. The van der Waals surface area contributed by atoms with Crippen molar-refractivity contribution in [3.63, 3.8) is 0 Å². The highest BCUT2D eigenvalue weighted by atomic mass is 19.4. The molecule has 0 bridgehead atoms. The van der Waals surface area contributed by atoms with Crippen molar-refractivity contribution >= 4 is 5.96 Å². The first kappa shape index (κ1) is 18.2. The molecular formula is C14H19F4N3O. The number of hydrogen-bond donors (Lipinski definition) is 3. The van der Waals surface area contributed by atoms with E-state index in [1.807, 2.05) is 0 Å². The van der Waals surface area contributed by atoms with Gasteiger partial charge in [0.25, 0.3) is 0 Å². The molecular weight excluding hydrogens is 302 g/mol. The molecule has 0 spiro atoms. The first-order chi connectivity index (χ1) is 10.3. The minimum atomic E-state index is -4.24. The van der Waals surface area contributed by atoms with Gasteiger partial charge in [0.05, 0.1) is 19.1 Å². The quantitative estimate of drug-likeness (QED) is 0.428. The maximum absolute atomic E-state index is 12.8. The zero-order valence-electron chi connectivity index (χ0n) is 12.1. The van der Waals surface area contributed by atoms with Gasteiger partial charge in [0.1, 0.15) is 5.82 Å². The Bertz CT molecular complexity index is 474. The molecule has 0 aliphatic rings. The maximum Gasteiger partial charge on any atom is 0.390 e. The molecule has 1 atom stereocenters. The van der Waals surface area contributed by atoms with Crippen LogP contribution < -0.4 is 10.6 Å². The van der Waals surface area contributed by atoms with E-state index in [-0.39, 0.29) is 19.0 Å². The van der Waals surface area contributed by atoms with E-state index in [1.165, 1.54) is 24.3 Å². The standard InChI is InChI=1S/C14H19F4N3O/c1-2-19-13(20-8-7-14(16,17)18)21-9-12(22)10-3-5-11(15)6-4-10/h3-6,12,22H,2,7-9H2,1H3,(H2,19,20,21). The zero-order valence-corrected chi connectivity index (χ0v) is 12.1. The van der Waals surface area contributed by atoms with Crippen molar-refractivity contribution in [3.05, 3.63) is 35.6 Å². The predicted octanol–water partition coefficient (Wildman–Crippen LogP) is 2.37. The molecule has 0 heterocycles. The van der Waals surface area contributed by atoms with E-state index in [0.717, 1.165) is 0 Å². The molecule has 1 aromatic rings. The SMILES string of the molecule is CCNC(=NCC(O)c1ccc(F)cc1)NCCC(F)(F)F. The van der Waals surface area contributed by atoms with Gasteiger partial charge in [0, 0.05) is 13.1 Å². The van der Waals surface area contributed by atoms with Gasteiger partial charge in [-0.1, -0.05) is 12.1 Å². The highest BCUT2D eigenvalue weighted by molar-refractivity contribution is 5.79. The fraction of sp³-hybridized carbons (Fsp3) is 0.500. The Kier molecular flexibility index (Phi) is 7.10. The number of benzene rings is 1. The molecule has 0 aliphatic heterocycles. The lowest BCUT2D eigenvalue weighted by molar-refractivity contribution is -0.132. The van der Waals surface area contributed by atoms with E-state index < -0.39 is 24.5 Å². The van der Waals surface area contributed by atoms with Crippen molar-refractivity contribution in [2.24, 2.45) is 4.99 Å². The molecule has 1 rings (SSSR count). The molecule has 4 nitrogen and oxygen atoms in total. The van der Waals surface area contributed by atoms with Crippen molar-refractivity contribution in [2.75, 3.05) is 19.6 Å². The van der Waals surface area contributed by atoms with Gasteiger partial charge in [-0.15, -0.1) is 0 Å². The van der Waals surface area contributed by atoms with E-state index in [2.05, 4.69) is 15.6 Å². The molecule has 8 heteroatoms. The Labute approximate surface area is 126 Å². The highest BCUT2D eigenvalue weighted by Gasteiger charge is 2.26. The number of alkyl halides is 3. The molecule has 0 saturated carbocycles. The number of aliphatic hydroxyl groups excluding tert-OH is 1. The van der Waals surface area contributed by atoms with Crippen molar-refractivity contribution in [1.29, 1.82) is 0 Å². The number of nitrogens with one attached hydrogen (secondary N) is 2. The van der Waals surface area contributed by atoms with Crippen molar-refractivity contribution in [1.82, 2.24) is 10.6 Å². The van der Waals surface area contributed by atoms with Crippen molar-refractivity contribution < 1.29 is 22.7 Å². The van der Waals surface area contributed by atoms with Gasteiger partial charge in [-0.3, -0.25) is 4.99 Å². The third-order valence-corrected chi connectivity index (χ3v) is 2.72. The molecule has 124 valence electrons. The molecule has 0 amide bonds. The van der Waals surface area contributed by atoms with Crippen molar-refractivity contribution in [3.8, 4) is 0 Å². The first-order valence-corrected chi connectivity index (χ1v) is 6.84. The molecule has 22 heavy (non-hydrogen) atoms. The lowest BCUT2D eigenvalue weighted by Gasteiger charge is -2.14. The van der Waals surface area contributed by atoms with Crippen LogP contribution in [0.1, 0.15) is 25.0 Å². The van der Waals surface area contributed by atoms with Gasteiger partial charge in [-0.05, 0) is 24.6 Å². The van der Waals surface area contributed by atoms with Crippen LogP contribution in [0.3, 0.4) is 0 Å². The Hall–Kier alpha value is -1.83. The number of nitrogens with zero attached hydrogens (tertiary/aromatic N) is 1. The number of halogens is 4. The summed E-state index contributed by atoms with van der Waals surface area (Å²) in [6.07, 6.45) is -6.17. The number of hydrogen-bond acceptors (Lipinski definition) is 2. The number of rotatable bonds is 6. The van der Waals surface area contributed by atoms with E-state index in [4.69, 9.17) is 0 Å². The lowest BCUT2D eigenvalue weighted by atomic mass is 10.1. The van der Waals surface area contributed by atoms with Crippen LogP contribution in [0.15, 0.2) is 29.3 Å². The molecule has 0 aromatic heterocycles. The second-order valence-electron chi connectivity index (χ2n) is 4.58. The van der Waals surface area contributed by atoms with E-state index in [0.29, 0.717) is 12.1 Å². The summed E-state index contributed by atoms with van der Waals surface area (Å²) < 4.78 is 49.0. The van der Waals surface area contributed by atoms with E-state index in [1.54, 1.807) is 6.92 Å². The lowest BCUT2D eigenvalue weighted by Crippen LogP contribution is -2.39. The van der Waals surface area contributed by atoms with Crippen molar-refractivity contribution in [2.45, 2.75) is 25.6 Å². The minimum absolute atomic E-state index is 0.0486. The van der Waals surface area contributed by atoms with Gasteiger partial charge in [-0.25, -0.2) is 4.39 Å². The highest BCUT2D eigenvalue weighted by Crippen LogP contribution is 2.18. The van der Waals surface area contributed by atoms with Crippen LogP contribution >= 0.6 is 0 Å². The van der Waals surface area contributed by atoms with E-state index in [9.17, 15) is 22.7 Å². The van der Waals surface area contributed by atoms with E-state index >= 15 is 0 Å². The van der Waals surface area contributed by atoms with Crippen LogP contribution in [0.2, 0.25) is 0 Å². The Balaban J connectivity index is 2.55. The average molecular weight is 321 g/mol. The summed E-state index contributed by atoms with van der Waals surface area (Å²) in [5, 5.41) is 15.2. The summed E-state index contributed by atoms with van der Waals surface area (Å²) in [4.78, 5) is 4.02. The number of aliphatic imine (C=N–C) groups is 1. The smallest absolute Gasteiger partial charge is 0.386 e. The predicted molar refractivity (Wildman–Crippen MR) is 76.0 cm³/mol. The van der Waals surface area contributed by atoms with Gasteiger partial charge < -0.3 is 15.7 Å². The third kappa shape index (κ3) is 7.26. The summed E-state index contributed by atoms with van der Waals surface area (Å²) in [5.41, 5.74) is 0.483. The van der Waals surface area contributed by atoms with Crippen LogP contribution in [0.4, 0.5) is 17.6 Å². The first-order valence-electron chi connectivity index (χ1n) is 6.84. The number of guanidine groups is 1. The largest absolute Gasteiger partial charge is 0.390 e. The Morgan fingerprint density at radius 2 is 1.86 bits per heavy atom. The van der Waals surface area contributed by atoms with Crippen LogP contribution in [-0.2, 0) is 0 Å². The summed E-state index contributed by atoms with van der Waals surface area (Å²) in [6, 6.07) is 5.29. The van der Waals surface area contributed by atoms with Crippen LogP contribution in [0.25, 0.3) is 0 Å². The topological polar surface area (TPSA) is 56.7 Å². The molecule has 0 aliphatic carbocycles. The van der Waals surface area contributed by atoms with Crippen LogP contribution in [0.5, 0.6) is 0 Å². The maximum atomic E-state index is 12.8. The second-order valence-corrected chi connectivity index (χ2v) is 4.58. The van der Waals surface area contributed by atoms with Gasteiger partial charge in [0.15, 0.2) is 5.96 Å². The normalized spacial score (nSPS) is 13.8. The van der Waals surface area contributed by atoms with Gasteiger partial charge in [0.2, 0.25) is 0 Å². The molecule has 1 aromatic carbocycles. The Morgan fingerprint density at radius 3 is 2.41 bits per heavy atom. The molecule has 1 unspecified atom stereocenters. The number of aliphatic hydroxyl groups is 1. The monoisotopic (exact) mass is 321 g/mol. The molecule has 0 radical (unpaired) electrons. The van der Waals surface area contributed by atoms with Crippen LogP contribution in [-0.4, -0.2) is 36.9 Å². The summed E-state index contributed by atoms with van der Waals surface area (Å²) in [7, 11) is 0. The summed E-state index contributed by atoms with van der Waals surface area (Å²) in [6.45, 7) is 1.90. The average Bonchev–Trinajstić information content (AvgIpc) is 2.44. The fourth-order valence-corrected chi connectivity index (χ4v) is 1.63. The fourth-order valence-electron chi connectivity index (χ4n) is 1.63. The molecule has 0 saturated heterocycles. The second kappa shape index (κ2) is 8.57. The van der Waals surface area contributed by atoms with Gasteiger partial charge >= 0.3 is 6.18 Å².